The van der Waals surface area contributed by atoms with Gasteiger partial charge in [-0.15, -0.1) is 0 Å². The summed E-state index contributed by atoms with van der Waals surface area (Å²) in [5.41, 5.74) is 4.09. The Hall–Kier alpha value is -1.35. The summed E-state index contributed by atoms with van der Waals surface area (Å²) in [5, 5.41) is 0. The number of hydrogen-bond donors (Lipinski definition) is 0. The lowest BCUT2D eigenvalue weighted by atomic mass is 9.97. The number of rotatable bonds is 4. The standard InChI is InChI=1S/C17H21BrN2/c1-12(2)14-6-5-13(3)15(9-14)11-20(4)17-8-7-16(18)10-19-17/h5-10,12H,11H2,1-4H3. The molecular weight excluding hydrogens is 312 g/mol. The van der Waals surface area contributed by atoms with Crippen LogP contribution in [0.1, 0.15) is 36.5 Å². The maximum absolute atomic E-state index is 4.44. The second-order valence-corrected chi connectivity index (χ2v) is 6.45. The van der Waals surface area contributed by atoms with Crippen molar-refractivity contribution in [2.24, 2.45) is 0 Å². The molecule has 0 fully saturated rings. The van der Waals surface area contributed by atoms with E-state index in [0.29, 0.717) is 5.92 Å². The fourth-order valence-corrected chi connectivity index (χ4v) is 2.39. The number of nitrogens with zero attached hydrogens (tertiary/aromatic N) is 2. The third kappa shape index (κ3) is 3.60. The van der Waals surface area contributed by atoms with Gasteiger partial charge in [0.2, 0.25) is 0 Å². The van der Waals surface area contributed by atoms with E-state index in [1.165, 1.54) is 16.7 Å². The first-order valence-electron chi connectivity index (χ1n) is 6.89. The molecule has 1 aromatic carbocycles. The summed E-state index contributed by atoms with van der Waals surface area (Å²) >= 11 is 3.42. The van der Waals surface area contributed by atoms with Gasteiger partial charge in [-0.25, -0.2) is 4.98 Å². The van der Waals surface area contributed by atoms with Crippen molar-refractivity contribution in [1.29, 1.82) is 0 Å². The van der Waals surface area contributed by atoms with Gasteiger partial charge in [0.05, 0.1) is 0 Å². The normalized spacial score (nSPS) is 10.9. The van der Waals surface area contributed by atoms with Crippen LogP contribution in [-0.4, -0.2) is 12.0 Å². The summed E-state index contributed by atoms with van der Waals surface area (Å²) in [6, 6.07) is 10.8. The largest absolute Gasteiger partial charge is 0.355 e. The summed E-state index contributed by atoms with van der Waals surface area (Å²) in [7, 11) is 2.08. The number of halogens is 1. The molecule has 0 radical (unpaired) electrons. The van der Waals surface area contributed by atoms with Crippen molar-refractivity contribution in [3.63, 3.8) is 0 Å². The molecule has 1 aromatic heterocycles. The van der Waals surface area contributed by atoms with Gasteiger partial charge in [0.1, 0.15) is 5.82 Å². The average Bonchev–Trinajstić information content (AvgIpc) is 2.41. The van der Waals surface area contributed by atoms with Gasteiger partial charge in [0.25, 0.3) is 0 Å². The van der Waals surface area contributed by atoms with Gasteiger partial charge >= 0.3 is 0 Å². The summed E-state index contributed by atoms with van der Waals surface area (Å²) in [5.74, 6) is 1.55. The van der Waals surface area contributed by atoms with Crippen molar-refractivity contribution in [2.75, 3.05) is 11.9 Å². The molecule has 106 valence electrons. The Morgan fingerprint density at radius 1 is 1.20 bits per heavy atom. The Bertz CT molecular complexity index is 576. The first-order valence-corrected chi connectivity index (χ1v) is 7.69. The quantitative estimate of drug-likeness (QED) is 0.790. The van der Waals surface area contributed by atoms with E-state index in [4.69, 9.17) is 0 Å². The zero-order chi connectivity index (χ0) is 14.7. The molecule has 1 heterocycles. The monoisotopic (exact) mass is 332 g/mol. The molecule has 0 N–H and O–H groups in total. The minimum absolute atomic E-state index is 0.561. The van der Waals surface area contributed by atoms with E-state index in [1.807, 2.05) is 18.3 Å². The lowest BCUT2D eigenvalue weighted by Crippen LogP contribution is -2.18. The van der Waals surface area contributed by atoms with Gasteiger partial charge in [-0.1, -0.05) is 32.0 Å². The van der Waals surface area contributed by atoms with Crippen LogP contribution in [0.2, 0.25) is 0 Å². The van der Waals surface area contributed by atoms with Gasteiger partial charge in [0.15, 0.2) is 0 Å². The number of pyridine rings is 1. The highest BCUT2D eigenvalue weighted by atomic mass is 79.9. The smallest absolute Gasteiger partial charge is 0.128 e. The van der Waals surface area contributed by atoms with Crippen LogP contribution in [-0.2, 0) is 6.54 Å². The first kappa shape index (κ1) is 15.0. The Morgan fingerprint density at radius 3 is 2.55 bits per heavy atom. The molecule has 0 amide bonds. The molecule has 0 aliphatic rings. The molecule has 0 unspecified atom stereocenters. The molecule has 0 aliphatic heterocycles. The van der Waals surface area contributed by atoms with Crippen LogP contribution >= 0.6 is 15.9 Å². The molecular formula is C17H21BrN2. The van der Waals surface area contributed by atoms with E-state index in [-0.39, 0.29) is 0 Å². The molecule has 0 atom stereocenters. The Balaban J connectivity index is 2.20. The van der Waals surface area contributed by atoms with Crippen LogP contribution in [0.3, 0.4) is 0 Å². The lowest BCUT2D eigenvalue weighted by Gasteiger charge is -2.20. The number of hydrogen-bond acceptors (Lipinski definition) is 2. The summed E-state index contributed by atoms with van der Waals surface area (Å²) < 4.78 is 1.01. The minimum atomic E-state index is 0.561. The predicted octanol–water partition coefficient (Wildman–Crippen LogP) is 4.91. The highest BCUT2D eigenvalue weighted by Crippen LogP contribution is 2.21. The molecule has 0 saturated carbocycles. The summed E-state index contributed by atoms with van der Waals surface area (Å²) in [6.07, 6.45) is 1.84. The van der Waals surface area contributed by atoms with Crippen LogP contribution in [0.25, 0.3) is 0 Å². The van der Waals surface area contributed by atoms with Crippen molar-refractivity contribution < 1.29 is 0 Å². The zero-order valence-corrected chi connectivity index (χ0v) is 14.1. The van der Waals surface area contributed by atoms with E-state index in [2.05, 4.69) is 71.8 Å². The van der Waals surface area contributed by atoms with Gasteiger partial charge in [0, 0.05) is 24.3 Å². The third-order valence-corrected chi connectivity index (χ3v) is 4.02. The van der Waals surface area contributed by atoms with Crippen LogP contribution in [0.4, 0.5) is 5.82 Å². The van der Waals surface area contributed by atoms with Gasteiger partial charge in [-0.3, -0.25) is 0 Å². The number of anilines is 1. The fourth-order valence-electron chi connectivity index (χ4n) is 2.15. The van der Waals surface area contributed by atoms with Crippen LogP contribution < -0.4 is 4.90 Å². The van der Waals surface area contributed by atoms with Crippen molar-refractivity contribution in [2.45, 2.75) is 33.2 Å². The zero-order valence-electron chi connectivity index (χ0n) is 12.5. The summed E-state index contributed by atoms with van der Waals surface area (Å²) in [4.78, 5) is 6.62. The molecule has 3 heteroatoms. The number of benzene rings is 1. The molecule has 0 bridgehead atoms. The third-order valence-electron chi connectivity index (χ3n) is 3.55. The van der Waals surface area contributed by atoms with E-state index in [0.717, 1.165) is 16.8 Å². The topological polar surface area (TPSA) is 16.1 Å². The van der Waals surface area contributed by atoms with Crippen molar-refractivity contribution in [3.05, 3.63) is 57.7 Å². The molecule has 0 aliphatic carbocycles. The van der Waals surface area contributed by atoms with Crippen molar-refractivity contribution >= 4 is 21.7 Å². The SMILES string of the molecule is Cc1ccc(C(C)C)cc1CN(C)c1ccc(Br)cn1. The first-order chi connectivity index (χ1) is 9.47. The van der Waals surface area contributed by atoms with Crippen molar-refractivity contribution in [3.8, 4) is 0 Å². The van der Waals surface area contributed by atoms with E-state index in [1.54, 1.807) is 0 Å². The molecule has 20 heavy (non-hydrogen) atoms. The highest BCUT2D eigenvalue weighted by molar-refractivity contribution is 9.10. The summed E-state index contributed by atoms with van der Waals surface area (Å²) in [6.45, 7) is 7.51. The Morgan fingerprint density at radius 2 is 1.95 bits per heavy atom. The molecule has 0 spiro atoms. The Labute approximate surface area is 130 Å². The highest BCUT2D eigenvalue weighted by Gasteiger charge is 2.08. The predicted molar refractivity (Wildman–Crippen MR) is 89.3 cm³/mol. The van der Waals surface area contributed by atoms with Gasteiger partial charge in [-0.05, 0) is 57.6 Å². The van der Waals surface area contributed by atoms with Crippen LogP contribution in [0, 0.1) is 6.92 Å². The number of aromatic nitrogens is 1. The maximum Gasteiger partial charge on any atom is 0.128 e. The van der Waals surface area contributed by atoms with E-state index in [9.17, 15) is 0 Å². The maximum atomic E-state index is 4.44. The fraction of sp³-hybridized carbons (Fsp3) is 0.353. The molecule has 0 saturated heterocycles. The second-order valence-electron chi connectivity index (χ2n) is 5.53. The minimum Gasteiger partial charge on any atom is -0.355 e. The molecule has 2 rings (SSSR count). The second kappa shape index (κ2) is 6.40. The molecule has 2 nitrogen and oxygen atoms in total. The van der Waals surface area contributed by atoms with E-state index < -0.39 is 0 Å². The van der Waals surface area contributed by atoms with Gasteiger partial charge in [-0.2, -0.15) is 0 Å². The Kier molecular flexibility index (Phi) is 4.81. The average molecular weight is 333 g/mol. The van der Waals surface area contributed by atoms with Crippen LogP contribution in [0.15, 0.2) is 41.0 Å². The van der Waals surface area contributed by atoms with Crippen LogP contribution in [0.5, 0.6) is 0 Å². The van der Waals surface area contributed by atoms with Gasteiger partial charge < -0.3 is 4.90 Å². The lowest BCUT2D eigenvalue weighted by molar-refractivity contribution is 0.847. The molecule has 2 aromatic rings. The number of aryl methyl sites for hydroxylation is 1. The van der Waals surface area contributed by atoms with Crippen molar-refractivity contribution in [1.82, 2.24) is 4.98 Å². The van der Waals surface area contributed by atoms with E-state index >= 15 is 0 Å².